The summed E-state index contributed by atoms with van der Waals surface area (Å²) in [6.45, 7) is 4.98. The lowest BCUT2D eigenvalue weighted by Crippen LogP contribution is -2.19. The molecule has 6 nitrogen and oxygen atoms in total. The Morgan fingerprint density at radius 1 is 1.12 bits per heavy atom. The Hall–Kier alpha value is -2.41. The van der Waals surface area contributed by atoms with Gasteiger partial charge >= 0.3 is 0 Å². The molecule has 2 aromatic heterocycles. The van der Waals surface area contributed by atoms with Crippen molar-refractivity contribution in [3.63, 3.8) is 0 Å². The first-order valence-corrected chi connectivity index (χ1v) is 9.08. The van der Waals surface area contributed by atoms with Gasteiger partial charge in [0.2, 0.25) is 0 Å². The molecule has 2 heterocycles. The SMILES string of the molecule is CC(=O)c1c(C)[nH]c(C(=O)Nc2sc3c(c2C(N)=O)CCCC3)c1C. The molecule has 1 aliphatic rings. The molecule has 0 unspecified atom stereocenters. The number of nitrogens with one attached hydrogen (secondary N) is 2. The van der Waals surface area contributed by atoms with E-state index in [1.54, 1.807) is 13.8 Å². The number of Topliss-reactive ketones (excluding diaryl/α,β-unsaturated/α-hetero) is 1. The monoisotopic (exact) mass is 359 g/mol. The van der Waals surface area contributed by atoms with Gasteiger partial charge in [0.1, 0.15) is 10.7 Å². The van der Waals surface area contributed by atoms with Crippen LogP contribution in [-0.4, -0.2) is 22.6 Å². The normalized spacial score (nSPS) is 13.4. The van der Waals surface area contributed by atoms with Crippen molar-refractivity contribution in [2.75, 3.05) is 5.32 Å². The van der Waals surface area contributed by atoms with E-state index in [1.807, 2.05) is 0 Å². The zero-order chi connectivity index (χ0) is 18.3. The molecule has 0 aromatic carbocycles. The van der Waals surface area contributed by atoms with Crippen molar-refractivity contribution < 1.29 is 14.4 Å². The van der Waals surface area contributed by atoms with Crippen molar-refractivity contribution in [3.8, 4) is 0 Å². The quantitative estimate of drug-likeness (QED) is 0.730. The molecular formula is C18H21N3O3S. The van der Waals surface area contributed by atoms with Crippen molar-refractivity contribution in [2.24, 2.45) is 5.73 Å². The van der Waals surface area contributed by atoms with E-state index in [-0.39, 0.29) is 11.7 Å². The summed E-state index contributed by atoms with van der Waals surface area (Å²) in [6, 6.07) is 0. The van der Waals surface area contributed by atoms with Gasteiger partial charge in [-0.05, 0) is 57.6 Å². The molecule has 0 saturated heterocycles. The van der Waals surface area contributed by atoms with Gasteiger partial charge in [-0.25, -0.2) is 0 Å². The van der Waals surface area contributed by atoms with Gasteiger partial charge in [-0.1, -0.05) is 0 Å². The number of H-pyrrole nitrogens is 1. The number of aromatic nitrogens is 1. The Labute approximate surface area is 149 Å². The van der Waals surface area contributed by atoms with Crippen molar-refractivity contribution in [1.29, 1.82) is 0 Å². The smallest absolute Gasteiger partial charge is 0.273 e. The molecule has 0 atom stereocenters. The summed E-state index contributed by atoms with van der Waals surface area (Å²) in [5.41, 5.74) is 9.11. The van der Waals surface area contributed by atoms with Crippen LogP contribution in [0.15, 0.2) is 0 Å². The summed E-state index contributed by atoms with van der Waals surface area (Å²) in [5.74, 6) is -0.970. The van der Waals surface area contributed by atoms with E-state index in [1.165, 1.54) is 18.3 Å². The molecule has 132 valence electrons. The number of hydrogen-bond acceptors (Lipinski definition) is 4. The zero-order valence-corrected chi connectivity index (χ0v) is 15.4. The van der Waals surface area contributed by atoms with Gasteiger partial charge in [0.25, 0.3) is 11.8 Å². The van der Waals surface area contributed by atoms with Gasteiger partial charge in [0, 0.05) is 16.1 Å². The first-order chi connectivity index (χ1) is 11.8. The molecule has 4 N–H and O–H groups in total. The van der Waals surface area contributed by atoms with Crippen molar-refractivity contribution in [2.45, 2.75) is 46.5 Å². The lowest BCUT2D eigenvalue weighted by Gasteiger charge is -2.11. The average Bonchev–Trinajstić information content (AvgIpc) is 3.03. The molecule has 25 heavy (non-hydrogen) atoms. The Bertz CT molecular complexity index is 892. The fourth-order valence-electron chi connectivity index (χ4n) is 3.59. The molecule has 7 heteroatoms. The minimum absolute atomic E-state index is 0.0882. The highest BCUT2D eigenvalue weighted by atomic mass is 32.1. The fraction of sp³-hybridized carbons (Fsp3) is 0.389. The second-order valence-electron chi connectivity index (χ2n) is 6.41. The number of thiophene rings is 1. The number of anilines is 1. The second kappa shape index (κ2) is 6.48. The maximum atomic E-state index is 12.7. The topological polar surface area (TPSA) is 105 Å². The first-order valence-electron chi connectivity index (χ1n) is 8.27. The molecule has 0 aliphatic heterocycles. The number of nitrogens with two attached hydrogens (primary N) is 1. The van der Waals surface area contributed by atoms with Gasteiger partial charge in [-0.2, -0.15) is 0 Å². The highest BCUT2D eigenvalue weighted by Crippen LogP contribution is 2.38. The second-order valence-corrected chi connectivity index (χ2v) is 7.52. The number of carbonyl (C=O) groups is 3. The summed E-state index contributed by atoms with van der Waals surface area (Å²) < 4.78 is 0. The first kappa shape index (κ1) is 17.4. The lowest BCUT2D eigenvalue weighted by atomic mass is 9.95. The summed E-state index contributed by atoms with van der Waals surface area (Å²) in [7, 11) is 0. The fourth-order valence-corrected chi connectivity index (χ4v) is 4.88. The number of rotatable bonds is 4. The maximum absolute atomic E-state index is 12.7. The minimum Gasteiger partial charge on any atom is -0.365 e. The highest BCUT2D eigenvalue weighted by Gasteiger charge is 2.26. The molecule has 0 radical (unpaired) electrons. The summed E-state index contributed by atoms with van der Waals surface area (Å²) in [4.78, 5) is 40.5. The van der Waals surface area contributed by atoms with Crippen molar-refractivity contribution in [3.05, 3.63) is 38.5 Å². The molecular weight excluding hydrogens is 338 g/mol. The molecule has 0 spiro atoms. The Kier molecular flexibility index (Phi) is 4.51. The van der Waals surface area contributed by atoms with Crippen LogP contribution in [0.4, 0.5) is 5.00 Å². The van der Waals surface area contributed by atoms with Gasteiger partial charge in [0.15, 0.2) is 5.78 Å². The van der Waals surface area contributed by atoms with Crippen LogP contribution in [-0.2, 0) is 12.8 Å². The number of hydrogen-bond donors (Lipinski definition) is 3. The minimum atomic E-state index is -0.515. The molecule has 1 aliphatic carbocycles. The highest BCUT2D eigenvalue weighted by molar-refractivity contribution is 7.17. The van der Waals surface area contributed by atoms with E-state index < -0.39 is 5.91 Å². The molecule has 2 amide bonds. The lowest BCUT2D eigenvalue weighted by molar-refractivity contribution is 0.0996. The number of ketones is 1. The summed E-state index contributed by atoms with van der Waals surface area (Å²) >= 11 is 1.42. The van der Waals surface area contributed by atoms with E-state index in [9.17, 15) is 14.4 Å². The predicted molar refractivity (Wildman–Crippen MR) is 97.7 cm³/mol. The van der Waals surface area contributed by atoms with Crippen LogP contribution < -0.4 is 11.1 Å². The van der Waals surface area contributed by atoms with Crippen LogP contribution in [0.25, 0.3) is 0 Å². The molecule has 0 bridgehead atoms. The summed E-state index contributed by atoms with van der Waals surface area (Å²) in [5, 5.41) is 3.32. The van der Waals surface area contributed by atoms with Gasteiger partial charge in [-0.15, -0.1) is 11.3 Å². The molecule has 0 saturated carbocycles. The van der Waals surface area contributed by atoms with Crippen LogP contribution in [0, 0.1) is 13.8 Å². The molecule has 3 rings (SSSR count). The number of carbonyl (C=O) groups excluding carboxylic acids is 3. The maximum Gasteiger partial charge on any atom is 0.273 e. The van der Waals surface area contributed by atoms with Crippen LogP contribution in [0.5, 0.6) is 0 Å². The van der Waals surface area contributed by atoms with Crippen LogP contribution in [0.1, 0.15) is 72.7 Å². The van der Waals surface area contributed by atoms with E-state index in [0.29, 0.717) is 33.1 Å². The van der Waals surface area contributed by atoms with Gasteiger partial charge < -0.3 is 16.0 Å². The van der Waals surface area contributed by atoms with Crippen molar-refractivity contribution in [1.82, 2.24) is 4.98 Å². The van der Waals surface area contributed by atoms with E-state index in [4.69, 9.17) is 5.73 Å². The molecule has 0 fully saturated rings. The van der Waals surface area contributed by atoms with Crippen LogP contribution in [0.3, 0.4) is 0 Å². The average molecular weight is 359 g/mol. The standard InChI is InChI=1S/C18H21N3O3S/c1-8-13(10(3)22)9(2)20-15(8)17(24)21-18-14(16(19)23)11-6-4-5-7-12(11)25-18/h20H,4-7H2,1-3H3,(H2,19,23)(H,21,24). The number of aryl methyl sites for hydroxylation is 2. The van der Waals surface area contributed by atoms with Crippen LogP contribution in [0.2, 0.25) is 0 Å². The Balaban J connectivity index is 1.97. The largest absolute Gasteiger partial charge is 0.365 e. The predicted octanol–water partition coefficient (Wildman–Crippen LogP) is 3.13. The van der Waals surface area contributed by atoms with Gasteiger partial charge in [-0.3, -0.25) is 14.4 Å². The molecule has 2 aromatic rings. The third-order valence-corrected chi connectivity index (χ3v) is 5.87. The zero-order valence-electron chi connectivity index (χ0n) is 14.5. The third kappa shape index (κ3) is 3.00. The van der Waals surface area contributed by atoms with E-state index in [0.717, 1.165) is 36.1 Å². The van der Waals surface area contributed by atoms with Crippen molar-refractivity contribution >= 4 is 33.9 Å². The Morgan fingerprint density at radius 2 is 1.80 bits per heavy atom. The number of primary amides is 1. The number of amides is 2. The third-order valence-electron chi connectivity index (χ3n) is 4.66. The summed E-state index contributed by atoms with van der Waals surface area (Å²) in [6.07, 6.45) is 3.82. The van der Waals surface area contributed by atoms with Crippen LogP contribution >= 0.6 is 11.3 Å². The Morgan fingerprint density at radius 3 is 2.40 bits per heavy atom. The number of fused-ring (bicyclic) bond motifs is 1. The van der Waals surface area contributed by atoms with E-state index >= 15 is 0 Å². The van der Waals surface area contributed by atoms with E-state index in [2.05, 4.69) is 10.3 Å². The van der Waals surface area contributed by atoms with Gasteiger partial charge in [0.05, 0.1) is 5.56 Å². The number of aromatic amines is 1.